The van der Waals surface area contributed by atoms with Crippen molar-refractivity contribution in [2.75, 3.05) is 13.1 Å². The van der Waals surface area contributed by atoms with E-state index in [2.05, 4.69) is 5.10 Å². The van der Waals surface area contributed by atoms with Gasteiger partial charge in [0.15, 0.2) is 5.69 Å². The van der Waals surface area contributed by atoms with E-state index in [9.17, 15) is 14.7 Å². The maximum absolute atomic E-state index is 13.8. The summed E-state index contributed by atoms with van der Waals surface area (Å²) < 4.78 is 1.57. The number of benzene rings is 3. The van der Waals surface area contributed by atoms with Gasteiger partial charge in [-0.2, -0.15) is 5.10 Å². The van der Waals surface area contributed by atoms with Gasteiger partial charge in [-0.25, -0.2) is 4.68 Å². The van der Waals surface area contributed by atoms with E-state index >= 15 is 0 Å². The SMILES string of the molecule is O=C(O)Cc1c(C(=O)N2CCC(c3ccc(Cl)cc3)CC2)nn(-c2ccccc2Cl)c1-c1ccc(Cl)cc1. The van der Waals surface area contributed by atoms with Crippen LogP contribution in [-0.4, -0.2) is 44.8 Å². The molecular formula is C29H24Cl3N3O3. The molecule has 38 heavy (non-hydrogen) atoms. The Morgan fingerprint density at radius 1 is 0.868 bits per heavy atom. The zero-order valence-electron chi connectivity index (χ0n) is 20.3. The van der Waals surface area contributed by atoms with Crippen LogP contribution in [0.15, 0.2) is 72.8 Å². The molecule has 4 aromatic rings. The topological polar surface area (TPSA) is 75.4 Å². The first-order valence-corrected chi connectivity index (χ1v) is 13.3. The standard InChI is InChI=1S/C29H24Cl3N3O3/c30-21-9-5-18(6-10-21)19-13-15-34(16-14-19)29(38)27-23(17-26(36)37)28(20-7-11-22(31)12-8-20)35(33-27)25-4-2-1-3-24(25)32/h1-12,19H,13-17H2,(H,36,37). The lowest BCUT2D eigenvalue weighted by Crippen LogP contribution is -2.38. The number of carboxylic acids is 1. The van der Waals surface area contributed by atoms with Crippen molar-refractivity contribution in [2.45, 2.75) is 25.2 Å². The van der Waals surface area contributed by atoms with Crippen molar-refractivity contribution >= 4 is 46.7 Å². The molecule has 0 atom stereocenters. The predicted molar refractivity (Wildman–Crippen MR) is 150 cm³/mol. The molecule has 1 aromatic heterocycles. The number of carbonyl (C=O) groups is 2. The van der Waals surface area contributed by atoms with Gasteiger partial charge in [0.1, 0.15) is 0 Å². The lowest BCUT2D eigenvalue weighted by atomic mass is 9.89. The fraction of sp³-hybridized carbons (Fsp3) is 0.207. The van der Waals surface area contributed by atoms with Gasteiger partial charge < -0.3 is 10.0 Å². The van der Waals surface area contributed by atoms with Gasteiger partial charge in [-0.15, -0.1) is 0 Å². The summed E-state index contributed by atoms with van der Waals surface area (Å²) in [6.45, 7) is 1.07. The molecule has 0 spiro atoms. The van der Waals surface area contributed by atoms with Crippen molar-refractivity contribution in [1.82, 2.24) is 14.7 Å². The monoisotopic (exact) mass is 567 g/mol. The van der Waals surface area contributed by atoms with Crippen molar-refractivity contribution in [3.63, 3.8) is 0 Å². The zero-order valence-corrected chi connectivity index (χ0v) is 22.5. The quantitative estimate of drug-likeness (QED) is 0.268. The number of aromatic nitrogens is 2. The molecule has 1 amide bonds. The van der Waals surface area contributed by atoms with E-state index in [4.69, 9.17) is 34.8 Å². The van der Waals surface area contributed by atoms with Crippen molar-refractivity contribution < 1.29 is 14.7 Å². The number of aliphatic carboxylic acids is 1. The van der Waals surface area contributed by atoms with Crippen molar-refractivity contribution in [2.24, 2.45) is 0 Å². The minimum Gasteiger partial charge on any atom is -0.481 e. The normalized spacial score (nSPS) is 14.0. The maximum Gasteiger partial charge on any atom is 0.307 e. The summed E-state index contributed by atoms with van der Waals surface area (Å²) in [4.78, 5) is 27.6. The van der Waals surface area contributed by atoms with E-state index in [0.717, 1.165) is 12.8 Å². The number of hydrogen-bond donors (Lipinski definition) is 1. The lowest BCUT2D eigenvalue weighted by Gasteiger charge is -2.32. The summed E-state index contributed by atoms with van der Waals surface area (Å²) in [5.74, 6) is -1.04. The third-order valence-corrected chi connectivity index (χ3v) is 7.66. The van der Waals surface area contributed by atoms with Crippen LogP contribution >= 0.6 is 34.8 Å². The van der Waals surface area contributed by atoms with Crippen LogP contribution in [0.1, 0.15) is 40.4 Å². The number of piperidine rings is 1. The predicted octanol–water partition coefficient (Wildman–Crippen LogP) is 7.15. The number of carbonyl (C=O) groups excluding carboxylic acids is 1. The Hall–Kier alpha value is -3.32. The number of amides is 1. The molecule has 0 saturated carbocycles. The van der Waals surface area contributed by atoms with Crippen molar-refractivity contribution in [3.05, 3.63) is 105 Å². The second-order valence-corrected chi connectivity index (χ2v) is 10.5. The Bertz CT molecular complexity index is 1480. The smallest absolute Gasteiger partial charge is 0.307 e. The van der Waals surface area contributed by atoms with Crippen LogP contribution < -0.4 is 0 Å². The van der Waals surface area contributed by atoms with E-state index < -0.39 is 5.97 Å². The first-order chi connectivity index (χ1) is 18.3. The van der Waals surface area contributed by atoms with Crippen LogP contribution in [0.25, 0.3) is 16.9 Å². The molecule has 1 saturated heterocycles. The van der Waals surface area contributed by atoms with Gasteiger partial charge in [0, 0.05) is 34.3 Å². The molecule has 1 N–H and O–H groups in total. The molecule has 5 rings (SSSR count). The van der Waals surface area contributed by atoms with E-state index in [1.165, 1.54) is 5.56 Å². The number of likely N-dealkylation sites (tertiary alicyclic amines) is 1. The van der Waals surface area contributed by atoms with E-state index in [0.29, 0.717) is 56.6 Å². The summed E-state index contributed by atoms with van der Waals surface area (Å²) in [5, 5.41) is 16.1. The third-order valence-electron chi connectivity index (χ3n) is 6.84. The van der Waals surface area contributed by atoms with Crippen LogP contribution in [-0.2, 0) is 11.2 Å². The van der Waals surface area contributed by atoms with Crippen LogP contribution in [0.3, 0.4) is 0 Å². The van der Waals surface area contributed by atoms with Gasteiger partial charge >= 0.3 is 5.97 Å². The van der Waals surface area contributed by atoms with E-state index in [-0.39, 0.29) is 18.0 Å². The Morgan fingerprint density at radius 3 is 2.08 bits per heavy atom. The lowest BCUT2D eigenvalue weighted by molar-refractivity contribution is -0.136. The van der Waals surface area contributed by atoms with Crippen LogP contribution in [0.5, 0.6) is 0 Å². The highest BCUT2D eigenvalue weighted by molar-refractivity contribution is 6.32. The van der Waals surface area contributed by atoms with E-state index in [1.807, 2.05) is 30.3 Å². The van der Waals surface area contributed by atoms with Crippen LogP contribution in [0.4, 0.5) is 0 Å². The number of rotatable bonds is 6. The molecule has 1 aliphatic rings. The first-order valence-electron chi connectivity index (χ1n) is 12.2. The van der Waals surface area contributed by atoms with Crippen LogP contribution in [0, 0.1) is 0 Å². The number of hydrogen-bond acceptors (Lipinski definition) is 3. The highest BCUT2D eigenvalue weighted by atomic mass is 35.5. The first kappa shape index (κ1) is 26.3. The Labute approximate surface area is 235 Å². The second kappa shape index (κ2) is 11.2. The molecule has 1 aliphatic heterocycles. The zero-order chi connectivity index (χ0) is 26.8. The summed E-state index contributed by atoms with van der Waals surface area (Å²) >= 11 is 18.7. The summed E-state index contributed by atoms with van der Waals surface area (Å²) in [5.41, 5.74) is 3.37. The Kier molecular flexibility index (Phi) is 7.75. The third kappa shape index (κ3) is 5.44. The molecular weight excluding hydrogens is 545 g/mol. The van der Waals surface area contributed by atoms with Gasteiger partial charge in [-0.1, -0.05) is 71.2 Å². The highest BCUT2D eigenvalue weighted by Crippen LogP contribution is 2.35. The summed E-state index contributed by atoms with van der Waals surface area (Å²) in [6, 6.07) is 21.9. The average molecular weight is 569 g/mol. The summed E-state index contributed by atoms with van der Waals surface area (Å²) in [6.07, 6.45) is 1.21. The van der Waals surface area contributed by atoms with Gasteiger partial charge in [-0.05, 0) is 60.7 Å². The number of para-hydroxylation sites is 1. The molecule has 6 nitrogen and oxygen atoms in total. The highest BCUT2D eigenvalue weighted by Gasteiger charge is 2.32. The van der Waals surface area contributed by atoms with Crippen LogP contribution in [0.2, 0.25) is 15.1 Å². The number of carboxylic acid groups (broad SMARTS) is 1. The molecule has 3 aromatic carbocycles. The van der Waals surface area contributed by atoms with Crippen molar-refractivity contribution in [3.8, 4) is 16.9 Å². The minimum atomic E-state index is -1.06. The van der Waals surface area contributed by atoms with E-state index in [1.54, 1.807) is 52.0 Å². The average Bonchev–Trinajstić information content (AvgIpc) is 3.27. The van der Waals surface area contributed by atoms with Crippen molar-refractivity contribution in [1.29, 1.82) is 0 Å². The molecule has 194 valence electrons. The molecule has 1 fully saturated rings. The van der Waals surface area contributed by atoms with Gasteiger partial charge in [-0.3, -0.25) is 9.59 Å². The Morgan fingerprint density at radius 2 is 1.47 bits per heavy atom. The molecule has 0 radical (unpaired) electrons. The maximum atomic E-state index is 13.8. The molecule has 0 unspecified atom stereocenters. The molecule has 2 heterocycles. The molecule has 0 bridgehead atoms. The second-order valence-electron chi connectivity index (χ2n) is 9.23. The van der Waals surface area contributed by atoms with Gasteiger partial charge in [0.25, 0.3) is 5.91 Å². The fourth-order valence-corrected chi connectivity index (χ4v) is 5.41. The molecule has 0 aliphatic carbocycles. The summed E-state index contributed by atoms with van der Waals surface area (Å²) in [7, 11) is 0. The Balaban J connectivity index is 1.54. The van der Waals surface area contributed by atoms with Gasteiger partial charge in [0.2, 0.25) is 0 Å². The minimum absolute atomic E-state index is 0.113. The van der Waals surface area contributed by atoms with Gasteiger partial charge in [0.05, 0.1) is 22.8 Å². The fourth-order valence-electron chi connectivity index (χ4n) is 4.94. The largest absolute Gasteiger partial charge is 0.481 e. The number of halogens is 3. The molecule has 9 heteroatoms. The number of nitrogens with zero attached hydrogens (tertiary/aromatic N) is 3.